The number of rotatable bonds is 4. The van der Waals surface area contributed by atoms with Gasteiger partial charge in [-0.25, -0.2) is 8.42 Å². The van der Waals surface area contributed by atoms with Crippen LogP contribution >= 0.6 is 10.7 Å². The number of carbonyl (C=O) groups is 1. The number of hydrogen-bond acceptors (Lipinski definition) is 3. The number of hydrogen-bond donors (Lipinski definition) is 1. The van der Waals surface area contributed by atoms with Gasteiger partial charge in [0.05, 0.1) is 0 Å². The van der Waals surface area contributed by atoms with Crippen LogP contribution in [-0.2, 0) is 16.1 Å². The van der Waals surface area contributed by atoms with Crippen molar-refractivity contribution in [3.05, 3.63) is 18.0 Å². The summed E-state index contributed by atoms with van der Waals surface area (Å²) in [5.74, 6) is 0.307. The van der Waals surface area contributed by atoms with Gasteiger partial charge in [-0.3, -0.25) is 4.79 Å². The molecule has 0 bridgehead atoms. The second kappa shape index (κ2) is 4.34. The average molecular weight is 277 g/mol. The molecule has 0 radical (unpaired) electrons. The van der Waals surface area contributed by atoms with E-state index < -0.39 is 9.05 Å². The maximum absolute atomic E-state index is 11.8. The largest absolute Gasteiger partial charge is 0.350 e. The standard InChI is InChI=1S/C10H13ClN2O3S/c1-13-6-8(17(11,15)16)4-9(13)10(14)12-5-7-2-3-7/h4,6-7H,2-3,5H2,1H3,(H,12,14). The SMILES string of the molecule is Cn1cc(S(=O)(=O)Cl)cc1C(=O)NCC1CC1. The fourth-order valence-corrected chi connectivity index (χ4v) is 2.33. The first kappa shape index (κ1) is 12.4. The Labute approximate surface area is 104 Å². The molecule has 94 valence electrons. The summed E-state index contributed by atoms with van der Waals surface area (Å²) in [6.45, 7) is 0.646. The smallest absolute Gasteiger partial charge is 0.267 e. The van der Waals surface area contributed by atoms with Crippen molar-refractivity contribution in [2.45, 2.75) is 17.7 Å². The van der Waals surface area contributed by atoms with Crippen LogP contribution in [0.15, 0.2) is 17.2 Å². The van der Waals surface area contributed by atoms with Gasteiger partial charge in [-0.15, -0.1) is 0 Å². The van der Waals surface area contributed by atoms with Gasteiger partial charge in [0.2, 0.25) is 0 Å². The quantitative estimate of drug-likeness (QED) is 0.837. The summed E-state index contributed by atoms with van der Waals surface area (Å²) in [4.78, 5) is 11.7. The summed E-state index contributed by atoms with van der Waals surface area (Å²) in [5, 5.41) is 2.77. The van der Waals surface area contributed by atoms with Crippen molar-refractivity contribution in [3.63, 3.8) is 0 Å². The van der Waals surface area contributed by atoms with Crippen LogP contribution in [0.1, 0.15) is 23.3 Å². The highest BCUT2D eigenvalue weighted by molar-refractivity contribution is 8.13. The third-order valence-electron chi connectivity index (χ3n) is 2.74. The fraction of sp³-hybridized carbons (Fsp3) is 0.500. The van der Waals surface area contributed by atoms with E-state index in [1.165, 1.54) is 16.8 Å². The third-order valence-corrected chi connectivity index (χ3v) is 4.06. The summed E-state index contributed by atoms with van der Waals surface area (Å²) >= 11 is 0. The Balaban J connectivity index is 2.14. The highest BCUT2D eigenvalue weighted by Crippen LogP contribution is 2.27. The molecule has 1 fully saturated rings. The minimum atomic E-state index is -3.79. The maximum atomic E-state index is 11.8. The molecule has 5 nitrogen and oxygen atoms in total. The van der Waals surface area contributed by atoms with Crippen molar-refractivity contribution in [1.82, 2.24) is 9.88 Å². The van der Waals surface area contributed by atoms with Crippen LogP contribution < -0.4 is 5.32 Å². The van der Waals surface area contributed by atoms with Gasteiger partial charge in [-0.2, -0.15) is 0 Å². The average Bonchev–Trinajstić information content (AvgIpc) is 2.95. The Morgan fingerprint density at radius 3 is 2.71 bits per heavy atom. The highest BCUT2D eigenvalue weighted by Gasteiger charge is 2.23. The van der Waals surface area contributed by atoms with Crippen LogP contribution in [0.25, 0.3) is 0 Å². The van der Waals surface area contributed by atoms with E-state index >= 15 is 0 Å². The number of nitrogens with one attached hydrogen (secondary N) is 1. The first-order valence-corrected chi connectivity index (χ1v) is 7.58. The highest BCUT2D eigenvalue weighted by atomic mass is 35.7. The Kier molecular flexibility index (Phi) is 3.18. The van der Waals surface area contributed by atoms with Crippen molar-refractivity contribution < 1.29 is 13.2 Å². The minimum Gasteiger partial charge on any atom is -0.350 e. The molecule has 0 atom stereocenters. The number of amides is 1. The number of carbonyl (C=O) groups excluding carboxylic acids is 1. The van der Waals surface area contributed by atoms with E-state index in [0.717, 1.165) is 12.8 Å². The lowest BCUT2D eigenvalue weighted by Gasteiger charge is -2.04. The van der Waals surface area contributed by atoms with E-state index in [2.05, 4.69) is 5.32 Å². The van der Waals surface area contributed by atoms with E-state index in [1.807, 2.05) is 0 Å². The van der Waals surface area contributed by atoms with E-state index in [-0.39, 0.29) is 10.8 Å². The summed E-state index contributed by atoms with van der Waals surface area (Å²) < 4.78 is 23.7. The molecular weight excluding hydrogens is 264 g/mol. The second-order valence-corrected chi connectivity index (χ2v) is 6.83. The Hall–Kier alpha value is -1.01. The normalized spacial score (nSPS) is 15.9. The summed E-state index contributed by atoms with van der Waals surface area (Å²) in [7, 11) is 3.04. The Bertz CT molecular complexity index is 546. The lowest BCUT2D eigenvalue weighted by Crippen LogP contribution is -2.27. The van der Waals surface area contributed by atoms with Gasteiger partial charge in [-0.1, -0.05) is 0 Å². The number of halogens is 1. The van der Waals surface area contributed by atoms with Crippen LogP contribution in [0.4, 0.5) is 0 Å². The molecule has 2 rings (SSSR count). The van der Waals surface area contributed by atoms with Crippen molar-refractivity contribution in [2.75, 3.05) is 6.54 Å². The van der Waals surface area contributed by atoms with Crippen molar-refractivity contribution in [3.8, 4) is 0 Å². The molecule has 0 aromatic carbocycles. The molecule has 1 amide bonds. The zero-order valence-electron chi connectivity index (χ0n) is 9.31. The monoisotopic (exact) mass is 276 g/mol. The van der Waals surface area contributed by atoms with Crippen molar-refractivity contribution in [2.24, 2.45) is 13.0 Å². The van der Waals surface area contributed by atoms with E-state index in [4.69, 9.17) is 10.7 Å². The zero-order chi connectivity index (χ0) is 12.6. The summed E-state index contributed by atoms with van der Waals surface area (Å²) in [6.07, 6.45) is 3.62. The van der Waals surface area contributed by atoms with Gasteiger partial charge < -0.3 is 9.88 Å². The fourth-order valence-electron chi connectivity index (χ4n) is 1.54. The predicted molar refractivity (Wildman–Crippen MR) is 63.5 cm³/mol. The van der Waals surface area contributed by atoms with Gasteiger partial charge in [0, 0.05) is 30.5 Å². The lowest BCUT2D eigenvalue weighted by atomic mass is 10.3. The van der Waals surface area contributed by atoms with E-state index in [0.29, 0.717) is 18.2 Å². The molecule has 0 aliphatic heterocycles. The topological polar surface area (TPSA) is 68.2 Å². The van der Waals surface area contributed by atoms with E-state index in [1.54, 1.807) is 7.05 Å². The predicted octanol–water partition coefficient (Wildman–Crippen LogP) is 1.09. The Morgan fingerprint density at radius 1 is 1.59 bits per heavy atom. The number of aromatic nitrogens is 1. The molecule has 1 aliphatic carbocycles. The molecule has 1 aromatic rings. The van der Waals surface area contributed by atoms with Crippen LogP contribution in [0.3, 0.4) is 0 Å². The number of nitrogens with zero attached hydrogens (tertiary/aromatic N) is 1. The first-order valence-electron chi connectivity index (χ1n) is 5.27. The van der Waals surface area contributed by atoms with Gasteiger partial charge in [0.1, 0.15) is 10.6 Å². The van der Waals surface area contributed by atoms with Crippen LogP contribution in [0, 0.1) is 5.92 Å². The van der Waals surface area contributed by atoms with Crippen LogP contribution in [-0.4, -0.2) is 25.4 Å². The second-order valence-electron chi connectivity index (χ2n) is 4.26. The van der Waals surface area contributed by atoms with Crippen LogP contribution in [0.5, 0.6) is 0 Å². The van der Waals surface area contributed by atoms with Gasteiger partial charge in [-0.05, 0) is 24.8 Å². The molecule has 1 saturated carbocycles. The molecule has 7 heteroatoms. The number of aryl methyl sites for hydroxylation is 1. The maximum Gasteiger partial charge on any atom is 0.267 e. The van der Waals surface area contributed by atoms with Gasteiger partial charge in [0.25, 0.3) is 15.0 Å². The first-order chi connectivity index (χ1) is 7.88. The molecule has 1 N–H and O–H groups in total. The minimum absolute atomic E-state index is 0.0572. The molecule has 17 heavy (non-hydrogen) atoms. The summed E-state index contributed by atoms with van der Waals surface area (Å²) in [6, 6.07) is 1.28. The lowest BCUT2D eigenvalue weighted by molar-refractivity contribution is 0.0943. The Morgan fingerprint density at radius 2 is 2.24 bits per heavy atom. The van der Waals surface area contributed by atoms with Crippen LogP contribution in [0.2, 0.25) is 0 Å². The molecule has 1 aliphatic rings. The molecule has 0 spiro atoms. The molecule has 1 heterocycles. The van der Waals surface area contributed by atoms with Gasteiger partial charge in [0.15, 0.2) is 0 Å². The summed E-state index contributed by atoms with van der Waals surface area (Å²) in [5.41, 5.74) is 0.296. The van der Waals surface area contributed by atoms with Crippen molar-refractivity contribution >= 4 is 25.6 Å². The van der Waals surface area contributed by atoms with Gasteiger partial charge >= 0.3 is 0 Å². The van der Waals surface area contributed by atoms with E-state index in [9.17, 15) is 13.2 Å². The third kappa shape index (κ3) is 3.01. The zero-order valence-corrected chi connectivity index (χ0v) is 10.9. The van der Waals surface area contributed by atoms with Crippen molar-refractivity contribution in [1.29, 1.82) is 0 Å². The molecule has 1 aromatic heterocycles. The molecular formula is C10H13ClN2O3S. The molecule has 0 unspecified atom stereocenters. The molecule has 0 saturated heterocycles.